The highest BCUT2D eigenvalue weighted by Crippen LogP contribution is 2.58. The van der Waals surface area contributed by atoms with Crippen LogP contribution in [0.15, 0.2) is 24.3 Å². The summed E-state index contributed by atoms with van der Waals surface area (Å²) in [6.45, 7) is 7.71. The molecule has 0 aromatic heterocycles. The summed E-state index contributed by atoms with van der Waals surface area (Å²) in [5.41, 5.74) is 0.815. The molecule has 1 aliphatic carbocycles. The number of hydrogen-bond acceptors (Lipinski definition) is 6. The Labute approximate surface area is 211 Å². The van der Waals surface area contributed by atoms with E-state index in [9.17, 15) is 18.4 Å². The number of carbonyl (C=O) groups excluding carboxylic acids is 2. The highest BCUT2D eigenvalue weighted by atomic mass is 19.3. The molecule has 36 heavy (non-hydrogen) atoms. The third kappa shape index (κ3) is 5.99. The first-order valence-corrected chi connectivity index (χ1v) is 12.6. The minimum absolute atomic E-state index is 0.239. The monoisotopic (exact) mass is 506 g/mol. The number of carbonyl (C=O) groups is 2. The molecule has 1 amide bonds. The van der Waals surface area contributed by atoms with Gasteiger partial charge in [-0.3, -0.25) is 4.90 Å². The number of alkyl halides is 2. The molecular formula is C27H36F2N2O5. The molecule has 3 aliphatic rings. The number of anilines is 1. The van der Waals surface area contributed by atoms with Crippen molar-refractivity contribution in [3.8, 4) is 0 Å². The van der Waals surface area contributed by atoms with Crippen molar-refractivity contribution < 1.29 is 32.6 Å². The summed E-state index contributed by atoms with van der Waals surface area (Å²) in [4.78, 5) is 27.0. The van der Waals surface area contributed by atoms with Gasteiger partial charge in [0.15, 0.2) is 0 Å². The molecule has 9 heteroatoms. The first-order valence-electron chi connectivity index (χ1n) is 12.6. The second-order valence-electron chi connectivity index (χ2n) is 11.2. The molecule has 1 aromatic carbocycles. The van der Waals surface area contributed by atoms with Crippen LogP contribution in [0, 0.1) is 11.3 Å². The van der Waals surface area contributed by atoms with Crippen molar-refractivity contribution in [2.24, 2.45) is 11.3 Å². The van der Waals surface area contributed by atoms with Crippen LogP contribution in [0.3, 0.4) is 0 Å². The highest BCUT2D eigenvalue weighted by Gasteiger charge is 2.57. The van der Waals surface area contributed by atoms with Crippen LogP contribution in [0.25, 0.3) is 5.70 Å². The molecule has 0 unspecified atom stereocenters. The highest BCUT2D eigenvalue weighted by molar-refractivity contribution is 5.93. The molecule has 4 rings (SSSR count). The summed E-state index contributed by atoms with van der Waals surface area (Å²) in [6, 6.07) is 5.08. The first kappa shape index (κ1) is 26.4. The van der Waals surface area contributed by atoms with Crippen molar-refractivity contribution in [1.82, 2.24) is 4.90 Å². The average Bonchev–Trinajstić information content (AvgIpc) is 2.80. The van der Waals surface area contributed by atoms with Gasteiger partial charge in [-0.05, 0) is 64.2 Å². The van der Waals surface area contributed by atoms with E-state index in [1.807, 2.05) is 6.08 Å². The predicted molar refractivity (Wildman–Crippen MR) is 132 cm³/mol. The van der Waals surface area contributed by atoms with Crippen LogP contribution >= 0.6 is 0 Å². The lowest BCUT2D eigenvalue weighted by molar-refractivity contribution is -0.146. The molecule has 0 bridgehead atoms. The number of esters is 1. The average molecular weight is 507 g/mol. The van der Waals surface area contributed by atoms with Gasteiger partial charge in [-0.25, -0.2) is 18.4 Å². The van der Waals surface area contributed by atoms with E-state index in [-0.39, 0.29) is 19.4 Å². The molecule has 0 atom stereocenters. The van der Waals surface area contributed by atoms with Gasteiger partial charge in [0.25, 0.3) is 0 Å². The van der Waals surface area contributed by atoms with Gasteiger partial charge in [-0.15, -0.1) is 0 Å². The van der Waals surface area contributed by atoms with E-state index in [2.05, 4.69) is 5.32 Å². The van der Waals surface area contributed by atoms with E-state index in [1.165, 1.54) is 12.0 Å². The van der Waals surface area contributed by atoms with E-state index >= 15 is 0 Å². The van der Waals surface area contributed by atoms with Crippen molar-refractivity contribution in [2.75, 3.05) is 38.7 Å². The Hall–Kier alpha value is -2.68. The number of nitrogens with one attached hydrogen (secondary N) is 1. The van der Waals surface area contributed by atoms with Gasteiger partial charge in [-0.1, -0.05) is 6.08 Å². The minimum atomic E-state index is -2.70. The molecule has 1 saturated heterocycles. The zero-order valence-electron chi connectivity index (χ0n) is 21.5. The minimum Gasteiger partial charge on any atom is -0.465 e. The molecule has 7 nitrogen and oxygen atoms in total. The number of hydrogen-bond donors (Lipinski definition) is 1. The van der Waals surface area contributed by atoms with Gasteiger partial charge >= 0.3 is 12.1 Å². The van der Waals surface area contributed by atoms with Gasteiger partial charge in [-0.2, -0.15) is 0 Å². The third-order valence-electron chi connectivity index (χ3n) is 7.04. The summed E-state index contributed by atoms with van der Waals surface area (Å²) in [7, 11) is 1.32. The molecule has 1 spiro atoms. The van der Waals surface area contributed by atoms with Crippen molar-refractivity contribution in [2.45, 2.75) is 64.4 Å². The molecule has 2 heterocycles. The van der Waals surface area contributed by atoms with Gasteiger partial charge in [0, 0.05) is 55.8 Å². The second kappa shape index (κ2) is 10.00. The fourth-order valence-corrected chi connectivity index (χ4v) is 5.25. The molecule has 1 saturated carbocycles. The summed E-state index contributed by atoms with van der Waals surface area (Å²) in [5, 5.41) is 3.46. The first-order chi connectivity index (χ1) is 16.9. The predicted octanol–water partition coefficient (Wildman–Crippen LogP) is 5.71. The fraction of sp³-hybridized carbons (Fsp3) is 0.630. The Kier molecular flexibility index (Phi) is 7.33. The topological polar surface area (TPSA) is 77.1 Å². The SMILES string of the molecule is COC(=O)c1ccc(C2=CC3(CCN2C(=O)OC(C)(C)C)CC(F)(F)C3)c(NCC2CCOCC2)c1. The van der Waals surface area contributed by atoms with Crippen molar-refractivity contribution in [3.05, 3.63) is 35.4 Å². The maximum Gasteiger partial charge on any atom is 0.414 e. The summed E-state index contributed by atoms with van der Waals surface area (Å²) < 4.78 is 43.9. The lowest BCUT2D eigenvalue weighted by atomic mass is 9.62. The lowest BCUT2D eigenvalue weighted by Crippen LogP contribution is -2.50. The van der Waals surface area contributed by atoms with Crippen molar-refractivity contribution in [3.63, 3.8) is 0 Å². The number of halogens is 2. The molecule has 198 valence electrons. The van der Waals surface area contributed by atoms with E-state index < -0.39 is 29.0 Å². The Morgan fingerprint density at radius 1 is 1.19 bits per heavy atom. The van der Waals surface area contributed by atoms with E-state index in [0.717, 1.165) is 12.8 Å². The van der Waals surface area contributed by atoms with Crippen LogP contribution in [0.4, 0.5) is 19.3 Å². The quantitative estimate of drug-likeness (QED) is 0.516. The Morgan fingerprint density at radius 3 is 2.50 bits per heavy atom. The lowest BCUT2D eigenvalue weighted by Gasteiger charge is -2.50. The van der Waals surface area contributed by atoms with Crippen LogP contribution in [0.2, 0.25) is 0 Å². The van der Waals surface area contributed by atoms with E-state index in [4.69, 9.17) is 14.2 Å². The van der Waals surface area contributed by atoms with Gasteiger partial charge in [0.1, 0.15) is 5.60 Å². The number of benzene rings is 1. The molecule has 1 N–H and O–H groups in total. The molecule has 2 aliphatic heterocycles. The van der Waals surface area contributed by atoms with Crippen LogP contribution < -0.4 is 5.32 Å². The third-order valence-corrected chi connectivity index (χ3v) is 7.04. The summed E-state index contributed by atoms with van der Waals surface area (Å²) in [5.74, 6) is -2.78. The largest absolute Gasteiger partial charge is 0.465 e. The molecule has 1 aromatic rings. The van der Waals surface area contributed by atoms with E-state index in [0.29, 0.717) is 54.6 Å². The van der Waals surface area contributed by atoms with Gasteiger partial charge in [0.2, 0.25) is 5.92 Å². The van der Waals surface area contributed by atoms with Crippen LogP contribution in [-0.2, 0) is 14.2 Å². The zero-order valence-corrected chi connectivity index (χ0v) is 21.5. The van der Waals surface area contributed by atoms with Crippen molar-refractivity contribution >= 4 is 23.4 Å². The van der Waals surface area contributed by atoms with Crippen LogP contribution in [-0.4, -0.2) is 61.9 Å². The maximum atomic E-state index is 14.0. The number of nitrogens with zero attached hydrogens (tertiary/aromatic N) is 1. The maximum absolute atomic E-state index is 14.0. The fourth-order valence-electron chi connectivity index (χ4n) is 5.25. The summed E-state index contributed by atoms with van der Waals surface area (Å²) in [6.07, 6.45) is 3.09. The van der Waals surface area contributed by atoms with Crippen LogP contribution in [0.5, 0.6) is 0 Å². The normalized spacial score (nSPS) is 21.4. The second-order valence-corrected chi connectivity index (χ2v) is 11.2. The standard InChI is InChI=1S/C27H36F2N2O5/c1-25(2,3)36-24(33)31-10-9-26(16-27(28,29)17-26)14-22(31)20-6-5-19(23(32)34-4)13-21(20)30-15-18-7-11-35-12-8-18/h5-6,13-14,18,30H,7-12,15-17H2,1-4H3. The Morgan fingerprint density at radius 2 is 1.89 bits per heavy atom. The number of allylic oxidation sites excluding steroid dienone is 1. The van der Waals surface area contributed by atoms with Gasteiger partial charge < -0.3 is 19.5 Å². The smallest absolute Gasteiger partial charge is 0.414 e. The van der Waals surface area contributed by atoms with Gasteiger partial charge in [0.05, 0.1) is 18.4 Å². The Balaban J connectivity index is 1.72. The number of rotatable bonds is 5. The van der Waals surface area contributed by atoms with Crippen LogP contribution in [0.1, 0.15) is 68.8 Å². The van der Waals surface area contributed by atoms with E-state index in [1.54, 1.807) is 39.0 Å². The van der Waals surface area contributed by atoms with Crippen molar-refractivity contribution in [1.29, 1.82) is 0 Å². The number of ether oxygens (including phenoxy) is 3. The number of methoxy groups -OCH3 is 1. The molecular weight excluding hydrogens is 470 g/mol. The zero-order chi connectivity index (χ0) is 26.1. The number of amides is 1. The molecule has 2 fully saturated rings. The summed E-state index contributed by atoms with van der Waals surface area (Å²) >= 11 is 0. The molecule has 0 radical (unpaired) electrons. The Bertz CT molecular complexity index is 1020.